The lowest BCUT2D eigenvalue weighted by molar-refractivity contribution is 0.0978. The standard InChI is InChI=1S/C14H19BrO2/c1-9(2)13(15)14(16)11-5-7-12(8-6-11)17-10(3)4/h5-10,13H,1-4H3. The normalized spacial score (nSPS) is 12.9. The van der Waals surface area contributed by atoms with Crippen molar-refractivity contribution in [1.82, 2.24) is 0 Å². The summed E-state index contributed by atoms with van der Waals surface area (Å²) in [5.41, 5.74) is 0.719. The van der Waals surface area contributed by atoms with Crippen molar-refractivity contribution in [2.24, 2.45) is 5.92 Å². The zero-order chi connectivity index (χ0) is 13.0. The SMILES string of the molecule is CC(C)Oc1ccc(C(=O)C(Br)C(C)C)cc1. The Hall–Kier alpha value is -0.830. The summed E-state index contributed by atoms with van der Waals surface area (Å²) >= 11 is 3.42. The van der Waals surface area contributed by atoms with Gasteiger partial charge in [0, 0.05) is 5.56 Å². The van der Waals surface area contributed by atoms with E-state index in [1.165, 1.54) is 0 Å². The third-order valence-electron chi connectivity index (χ3n) is 2.35. The fraction of sp³-hybridized carbons (Fsp3) is 0.500. The highest BCUT2D eigenvalue weighted by atomic mass is 79.9. The second-order valence-electron chi connectivity index (χ2n) is 4.70. The van der Waals surface area contributed by atoms with Gasteiger partial charge in [0.05, 0.1) is 10.9 Å². The van der Waals surface area contributed by atoms with Gasteiger partial charge in [0.1, 0.15) is 5.75 Å². The predicted octanol–water partition coefficient (Wildman–Crippen LogP) is 4.08. The van der Waals surface area contributed by atoms with Crippen molar-refractivity contribution in [3.8, 4) is 5.75 Å². The Balaban J connectivity index is 2.77. The number of hydrogen-bond donors (Lipinski definition) is 0. The van der Waals surface area contributed by atoms with E-state index in [0.717, 1.165) is 11.3 Å². The molecule has 1 aromatic carbocycles. The monoisotopic (exact) mass is 298 g/mol. The minimum atomic E-state index is -0.126. The summed E-state index contributed by atoms with van der Waals surface area (Å²) in [4.78, 5) is 11.9. The fourth-order valence-electron chi connectivity index (χ4n) is 1.43. The van der Waals surface area contributed by atoms with E-state index < -0.39 is 0 Å². The summed E-state index contributed by atoms with van der Waals surface area (Å²) < 4.78 is 5.53. The average Bonchev–Trinajstić information content (AvgIpc) is 2.27. The smallest absolute Gasteiger partial charge is 0.176 e. The summed E-state index contributed by atoms with van der Waals surface area (Å²) in [5.74, 6) is 1.21. The predicted molar refractivity (Wildman–Crippen MR) is 74.1 cm³/mol. The first-order valence-electron chi connectivity index (χ1n) is 5.86. The van der Waals surface area contributed by atoms with Gasteiger partial charge in [-0.25, -0.2) is 0 Å². The molecule has 0 radical (unpaired) electrons. The van der Waals surface area contributed by atoms with Crippen LogP contribution >= 0.6 is 15.9 Å². The van der Waals surface area contributed by atoms with Crippen molar-refractivity contribution < 1.29 is 9.53 Å². The first kappa shape index (κ1) is 14.2. The van der Waals surface area contributed by atoms with Crippen molar-refractivity contribution in [1.29, 1.82) is 0 Å². The Morgan fingerprint density at radius 1 is 1.12 bits per heavy atom. The minimum Gasteiger partial charge on any atom is -0.491 e. The molecule has 0 heterocycles. The molecule has 2 nitrogen and oxygen atoms in total. The van der Waals surface area contributed by atoms with Crippen LogP contribution in [0.3, 0.4) is 0 Å². The molecule has 0 bridgehead atoms. The summed E-state index contributed by atoms with van der Waals surface area (Å²) in [7, 11) is 0. The molecule has 1 aromatic rings. The van der Waals surface area contributed by atoms with Gasteiger partial charge in [-0.2, -0.15) is 0 Å². The molecular formula is C14H19BrO2. The first-order chi connectivity index (χ1) is 7.91. The molecule has 0 amide bonds. The summed E-state index contributed by atoms with van der Waals surface area (Å²) in [6.07, 6.45) is 0.149. The number of benzene rings is 1. The molecule has 0 aliphatic rings. The van der Waals surface area contributed by atoms with Crippen molar-refractivity contribution in [2.45, 2.75) is 38.6 Å². The second-order valence-corrected chi connectivity index (χ2v) is 5.69. The van der Waals surface area contributed by atoms with Gasteiger partial charge in [-0.1, -0.05) is 29.8 Å². The van der Waals surface area contributed by atoms with Gasteiger partial charge in [-0.05, 0) is 44.0 Å². The molecule has 94 valence electrons. The third kappa shape index (κ3) is 4.15. The summed E-state index contributed by atoms with van der Waals surface area (Å²) in [6.45, 7) is 8.00. The largest absolute Gasteiger partial charge is 0.491 e. The van der Waals surface area contributed by atoms with Crippen LogP contribution in [-0.4, -0.2) is 16.7 Å². The number of carbonyl (C=O) groups is 1. The van der Waals surface area contributed by atoms with E-state index in [2.05, 4.69) is 15.9 Å². The Kier molecular flexibility index (Phi) is 5.19. The minimum absolute atomic E-state index is 0.121. The number of carbonyl (C=O) groups excluding carboxylic acids is 1. The summed E-state index contributed by atoms with van der Waals surface area (Å²) in [6, 6.07) is 7.31. The number of Topliss-reactive ketones (excluding diaryl/α,β-unsaturated/α-hetero) is 1. The number of halogens is 1. The summed E-state index contributed by atoms with van der Waals surface area (Å²) in [5, 5.41) is 0. The first-order valence-corrected chi connectivity index (χ1v) is 6.78. The van der Waals surface area contributed by atoms with Crippen LogP contribution in [0.4, 0.5) is 0 Å². The van der Waals surface area contributed by atoms with Crippen LogP contribution < -0.4 is 4.74 Å². The van der Waals surface area contributed by atoms with Gasteiger partial charge in [-0.15, -0.1) is 0 Å². The van der Waals surface area contributed by atoms with Gasteiger partial charge in [0.15, 0.2) is 5.78 Å². The molecule has 0 saturated heterocycles. The molecule has 3 heteroatoms. The molecule has 0 aliphatic heterocycles. The van der Waals surface area contributed by atoms with E-state index in [0.29, 0.717) is 0 Å². The molecule has 0 aromatic heterocycles. The number of ether oxygens (including phenoxy) is 1. The lowest BCUT2D eigenvalue weighted by Gasteiger charge is -2.13. The molecule has 0 N–H and O–H groups in total. The van der Waals surface area contributed by atoms with Gasteiger partial charge in [-0.3, -0.25) is 4.79 Å². The maximum absolute atomic E-state index is 12.0. The van der Waals surface area contributed by atoms with Crippen LogP contribution in [-0.2, 0) is 0 Å². The van der Waals surface area contributed by atoms with Crippen LogP contribution in [0.5, 0.6) is 5.75 Å². The van der Waals surface area contributed by atoms with Crippen molar-refractivity contribution in [3.05, 3.63) is 29.8 Å². The molecular weight excluding hydrogens is 280 g/mol. The number of alkyl halides is 1. The molecule has 0 aliphatic carbocycles. The Bertz CT molecular complexity index is 368. The van der Waals surface area contributed by atoms with Crippen LogP contribution in [0.1, 0.15) is 38.1 Å². The zero-order valence-electron chi connectivity index (χ0n) is 10.7. The molecule has 1 unspecified atom stereocenters. The number of hydrogen-bond acceptors (Lipinski definition) is 2. The third-order valence-corrected chi connectivity index (χ3v) is 3.82. The number of ketones is 1. The van der Waals surface area contributed by atoms with Crippen LogP contribution in [0.25, 0.3) is 0 Å². The van der Waals surface area contributed by atoms with E-state index >= 15 is 0 Å². The molecule has 17 heavy (non-hydrogen) atoms. The lowest BCUT2D eigenvalue weighted by atomic mass is 10.0. The quantitative estimate of drug-likeness (QED) is 0.605. The average molecular weight is 299 g/mol. The highest BCUT2D eigenvalue weighted by molar-refractivity contribution is 9.10. The Morgan fingerprint density at radius 2 is 1.65 bits per heavy atom. The van der Waals surface area contributed by atoms with E-state index in [1.54, 1.807) is 0 Å². The molecule has 0 saturated carbocycles. The highest BCUT2D eigenvalue weighted by Crippen LogP contribution is 2.20. The lowest BCUT2D eigenvalue weighted by Crippen LogP contribution is -2.19. The van der Waals surface area contributed by atoms with E-state index in [9.17, 15) is 4.79 Å². The van der Waals surface area contributed by atoms with Gasteiger partial charge >= 0.3 is 0 Å². The molecule has 0 fully saturated rings. The second kappa shape index (κ2) is 6.20. The van der Waals surface area contributed by atoms with E-state index in [-0.39, 0.29) is 22.6 Å². The van der Waals surface area contributed by atoms with Gasteiger partial charge in [0.25, 0.3) is 0 Å². The van der Waals surface area contributed by atoms with Crippen LogP contribution in [0.15, 0.2) is 24.3 Å². The van der Waals surface area contributed by atoms with Crippen molar-refractivity contribution in [3.63, 3.8) is 0 Å². The molecule has 1 atom stereocenters. The van der Waals surface area contributed by atoms with Crippen molar-refractivity contribution >= 4 is 21.7 Å². The van der Waals surface area contributed by atoms with E-state index in [4.69, 9.17) is 4.74 Å². The zero-order valence-corrected chi connectivity index (χ0v) is 12.3. The molecule has 0 spiro atoms. The van der Waals surface area contributed by atoms with Crippen LogP contribution in [0.2, 0.25) is 0 Å². The van der Waals surface area contributed by atoms with Gasteiger partial charge in [0.2, 0.25) is 0 Å². The highest BCUT2D eigenvalue weighted by Gasteiger charge is 2.20. The maximum atomic E-state index is 12.0. The Labute approximate surface area is 111 Å². The topological polar surface area (TPSA) is 26.3 Å². The van der Waals surface area contributed by atoms with Gasteiger partial charge < -0.3 is 4.74 Å². The molecule has 1 rings (SSSR count). The fourth-order valence-corrected chi connectivity index (χ4v) is 1.70. The van der Waals surface area contributed by atoms with Crippen molar-refractivity contribution in [2.75, 3.05) is 0 Å². The Morgan fingerprint density at radius 3 is 2.06 bits per heavy atom. The maximum Gasteiger partial charge on any atom is 0.176 e. The van der Waals surface area contributed by atoms with Crippen LogP contribution in [0, 0.1) is 5.92 Å². The van der Waals surface area contributed by atoms with E-state index in [1.807, 2.05) is 52.0 Å². The number of rotatable bonds is 5.